The van der Waals surface area contributed by atoms with Gasteiger partial charge >= 0.3 is 0 Å². The molecule has 6 heteroatoms. The fourth-order valence-corrected chi connectivity index (χ4v) is 3.27. The Hall–Kier alpha value is -0.690. The lowest BCUT2D eigenvalue weighted by molar-refractivity contribution is -0.175. The Balaban J connectivity index is 2.04. The topological polar surface area (TPSA) is 105 Å². The molecule has 0 aromatic carbocycles. The van der Waals surface area contributed by atoms with Crippen molar-refractivity contribution in [1.82, 2.24) is 5.32 Å². The SMILES string of the molecule is CC1(C)C2OCCC2C1(N)C(=O)NCC(O)CO. The smallest absolute Gasteiger partial charge is 0.241 e. The monoisotopic (exact) mass is 258 g/mol. The molecule has 1 saturated heterocycles. The van der Waals surface area contributed by atoms with Crippen LogP contribution in [0.15, 0.2) is 0 Å². The van der Waals surface area contributed by atoms with Crippen molar-refractivity contribution >= 4 is 5.91 Å². The van der Waals surface area contributed by atoms with E-state index in [0.717, 1.165) is 6.42 Å². The van der Waals surface area contributed by atoms with Gasteiger partial charge in [-0.05, 0) is 6.42 Å². The number of nitrogens with one attached hydrogen (secondary N) is 1. The maximum absolute atomic E-state index is 12.2. The van der Waals surface area contributed by atoms with Gasteiger partial charge in [-0.15, -0.1) is 0 Å². The van der Waals surface area contributed by atoms with Crippen LogP contribution in [-0.4, -0.2) is 53.6 Å². The second-order valence-electron chi connectivity index (χ2n) is 5.82. The molecule has 0 aromatic rings. The molecule has 0 aromatic heterocycles. The maximum Gasteiger partial charge on any atom is 0.241 e. The van der Waals surface area contributed by atoms with Crippen LogP contribution in [0.3, 0.4) is 0 Å². The van der Waals surface area contributed by atoms with Crippen molar-refractivity contribution < 1.29 is 19.7 Å². The highest BCUT2D eigenvalue weighted by atomic mass is 16.5. The largest absolute Gasteiger partial charge is 0.394 e. The van der Waals surface area contributed by atoms with Crippen molar-refractivity contribution in [2.75, 3.05) is 19.8 Å². The Morgan fingerprint density at radius 2 is 2.28 bits per heavy atom. The molecule has 0 spiro atoms. The Morgan fingerprint density at radius 1 is 1.61 bits per heavy atom. The zero-order valence-corrected chi connectivity index (χ0v) is 10.8. The summed E-state index contributed by atoms with van der Waals surface area (Å²) in [5, 5.41) is 20.6. The van der Waals surface area contributed by atoms with Crippen molar-refractivity contribution in [2.24, 2.45) is 17.1 Å². The van der Waals surface area contributed by atoms with E-state index in [4.69, 9.17) is 15.6 Å². The van der Waals surface area contributed by atoms with E-state index in [9.17, 15) is 9.90 Å². The summed E-state index contributed by atoms with van der Waals surface area (Å²) in [7, 11) is 0. The van der Waals surface area contributed by atoms with Crippen LogP contribution in [0.25, 0.3) is 0 Å². The van der Waals surface area contributed by atoms with Gasteiger partial charge in [0.1, 0.15) is 5.54 Å². The summed E-state index contributed by atoms with van der Waals surface area (Å²) in [6.07, 6.45) is -0.118. The zero-order chi connectivity index (χ0) is 13.6. The van der Waals surface area contributed by atoms with E-state index in [1.165, 1.54) is 0 Å². The van der Waals surface area contributed by atoms with Crippen LogP contribution in [-0.2, 0) is 9.53 Å². The molecule has 18 heavy (non-hydrogen) atoms. The van der Waals surface area contributed by atoms with Gasteiger partial charge in [0.2, 0.25) is 5.91 Å². The molecule has 0 bridgehead atoms. The predicted octanol–water partition coefficient (Wildman–Crippen LogP) is -1.40. The van der Waals surface area contributed by atoms with Gasteiger partial charge in [0.05, 0.1) is 18.8 Å². The fraction of sp³-hybridized carbons (Fsp3) is 0.917. The lowest BCUT2D eigenvalue weighted by Crippen LogP contribution is -2.80. The first-order chi connectivity index (χ1) is 8.35. The van der Waals surface area contributed by atoms with Gasteiger partial charge < -0.3 is 26.0 Å². The van der Waals surface area contributed by atoms with Gasteiger partial charge in [0.15, 0.2) is 0 Å². The van der Waals surface area contributed by atoms with E-state index in [2.05, 4.69) is 5.32 Å². The molecule has 1 amide bonds. The van der Waals surface area contributed by atoms with Crippen LogP contribution in [0.2, 0.25) is 0 Å². The second-order valence-corrected chi connectivity index (χ2v) is 5.82. The number of fused-ring (bicyclic) bond motifs is 1. The normalized spacial score (nSPS) is 38.7. The molecule has 2 rings (SSSR count). The summed E-state index contributed by atoms with van der Waals surface area (Å²) >= 11 is 0. The first-order valence-electron chi connectivity index (χ1n) is 6.33. The molecule has 0 radical (unpaired) electrons. The minimum atomic E-state index is -0.955. The number of amides is 1. The minimum absolute atomic E-state index is 0.0165. The van der Waals surface area contributed by atoms with Gasteiger partial charge in [0, 0.05) is 24.5 Å². The number of aliphatic hydroxyl groups excluding tert-OH is 2. The van der Waals surface area contributed by atoms with E-state index in [1.807, 2.05) is 13.8 Å². The van der Waals surface area contributed by atoms with Crippen LogP contribution in [0.5, 0.6) is 0 Å². The van der Waals surface area contributed by atoms with Gasteiger partial charge in [-0.2, -0.15) is 0 Å². The average Bonchev–Trinajstić information content (AvgIpc) is 2.82. The standard InChI is InChI=1S/C12H22N2O4/c1-11(2)9-8(3-4-18-9)12(11,13)10(17)14-5-7(16)6-15/h7-9,15-16H,3-6,13H2,1-2H3,(H,14,17). The highest BCUT2D eigenvalue weighted by Crippen LogP contribution is 2.58. The van der Waals surface area contributed by atoms with Crippen LogP contribution >= 0.6 is 0 Å². The van der Waals surface area contributed by atoms with Crippen LogP contribution in [0.4, 0.5) is 0 Å². The van der Waals surface area contributed by atoms with Crippen molar-refractivity contribution in [3.05, 3.63) is 0 Å². The third kappa shape index (κ3) is 1.67. The van der Waals surface area contributed by atoms with Gasteiger partial charge in [-0.3, -0.25) is 4.79 Å². The van der Waals surface area contributed by atoms with E-state index in [-0.39, 0.29) is 31.1 Å². The molecule has 104 valence electrons. The van der Waals surface area contributed by atoms with E-state index >= 15 is 0 Å². The number of hydrogen-bond acceptors (Lipinski definition) is 5. The predicted molar refractivity (Wildman–Crippen MR) is 64.6 cm³/mol. The van der Waals surface area contributed by atoms with Gasteiger partial charge in [0.25, 0.3) is 0 Å². The summed E-state index contributed by atoms with van der Waals surface area (Å²) in [6.45, 7) is 4.15. The summed E-state index contributed by atoms with van der Waals surface area (Å²) in [5.74, 6) is -0.231. The number of carbonyl (C=O) groups excluding carboxylic acids is 1. The maximum atomic E-state index is 12.2. The molecule has 6 nitrogen and oxygen atoms in total. The Morgan fingerprint density at radius 3 is 2.89 bits per heavy atom. The minimum Gasteiger partial charge on any atom is -0.394 e. The molecule has 5 N–H and O–H groups in total. The van der Waals surface area contributed by atoms with Crippen molar-refractivity contribution in [2.45, 2.75) is 38.0 Å². The molecule has 4 unspecified atom stereocenters. The number of carbonyl (C=O) groups is 1. The fourth-order valence-electron chi connectivity index (χ4n) is 3.27. The molecule has 4 atom stereocenters. The molecule has 1 saturated carbocycles. The Bertz CT molecular complexity index is 347. The third-order valence-corrected chi connectivity index (χ3v) is 4.54. The number of ether oxygens (including phenoxy) is 1. The van der Waals surface area contributed by atoms with Crippen LogP contribution in [0, 0.1) is 11.3 Å². The van der Waals surface area contributed by atoms with Gasteiger partial charge in [-0.25, -0.2) is 0 Å². The van der Waals surface area contributed by atoms with E-state index in [0.29, 0.717) is 6.61 Å². The van der Waals surface area contributed by atoms with Crippen LogP contribution < -0.4 is 11.1 Å². The van der Waals surface area contributed by atoms with Crippen molar-refractivity contribution in [3.8, 4) is 0 Å². The van der Waals surface area contributed by atoms with Crippen LogP contribution in [0.1, 0.15) is 20.3 Å². The van der Waals surface area contributed by atoms with Crippen molar-refractivity contribution in [1.29, 1.82) is 0 Å². The molecular formula is C12H22N2O4. The summed E-state index contributed by atoms with van der Waals surface area (Å²) in [5.41, 5.74) is 4.93. The zero-order valence-electron chi connectivity index (χ0n) is 10.8. The molecule has 2 aliphatic rings. The quantitative estimate of drug-likeness (QED) is 0.496. The molecule has 1 aliphatic heterocycles. The first-order valence-corrected chi connectivity index (χ1v) is 6.33. The number of nitrogens with two attached hydrogens (primary N) is 1. The third-order valence-electron chi connectivity index (χ3n) is 4.54. The molecule has 2 fully saturated rings. The lowest BCUT2D eigenvalue weighted by atomic mass is 9.48. The van der Waals surface area contributed by atoms with E-state index < -0.39 is 17.1 Å². The van der Waals surface area contributed by atoms with E-state index in [1.54, 1.807) is 0 Å². The molecule has 1 heterocycles. The Kier molecular flexibility index (Phi) is 3.40. The molecular weight excluding hydrogens is 236 g/mol. The number of hydrogen-bond donors (Lipinski definition) is 4. The molecule has 1 aliphatic carbocycles. The highest BCUT2D eigenvalue weighted by molar-refractivity contribution is 5.89. The van der Waals surface area contributed by atoms with Crippen molar-refractivity contribution in [3.63, 3.8) is 0 Å². The summed E-state index contributed by atoms with van der Waals surface area (Å²) < 4.78 is 5.61. The summed E-state index contributed by atoms with van der Waals surface area (Å²) in [4.78, 5) is 12.2. The van der Waals surface area contributed by atoms with Gasteiger partial charge in [-0.1, -0.05) is 13.8 Å². The second kappa shape index (κ2) is 4.45. The first kappa shape index (κ1) is 13.7. The summed E-state index contributed by atoms with van der Waals surface area (Å²) in [6, 6.07) is 0. The highest BCUT2D eigenvalue weighted by Gasteiger charge is 2.71. The average molecular weight is 258 g/mol. The number of aliphatic hydroxyl groups is 2. The number of rotatable bonds is 4. The Labute approximate surface area is 106 Å². The lowest BCUT2D eigenvalue weighted by Gasteiger charge is -2.60.